The third-order valence-electron chi connectivity index (χ3n) is 3.85. The number of hydrogen-bond acceptors (Lipinski definition) is 4. The molecular weight excluding hydrogens is 230 g/mol. The van der Waals surface area contributed by atoms with E-state index < -0.39 is 0 Å². The predicted octanol–water partition coefficient (Wildman–Crippen LogP) is -0.0809. The Balaban J connectivity index is 1.79. The molecule has 104 valence electrons. The molecule has 0 saturated carbocycles. The number of morpholine rings is 1. The van der Waals surface area contributed by atoms with Gasteiger partial charge in [0, 0.05) is 51.2 Å². The molecule has 1 N–H and O–H groups in total. The van der Waals surface area contributed by atoms with E-state index in [1.807, 2.05) is 4.90 Å². The Morgan fingerprint density at radius 3 is 2.67 bits per heavy atom. The molecule has 0 aliphatic carbocycles. The van der Waals surface area contributed by atoms with Crippen LogP contribution in [-0.2, 0) is 9.53 Å². The molecule has 2 rings (SSSR count). The van der Waals surface area contributed by atoms with E-state index in [-0.39, 0.29) is 11.4 Å². The van der Waals surface area contributed by atoms with E-state index in [0.29, 0.717) is 6.42 Å². The fourth-order valence-electron chi connectivity index (χ4n) is 2.66. The van der Waals surface area contributed by atoms with Gasteiger partial charge in [-0.25, -0.2) is 0 Å². The van der Waals surface area contributed by atoms with Crippen molar-refractivity contribution < 1.29 is 9.53 Å². The smallest absolute Gasteiger partial charge is 0.224 e. The maximum Gasteiger partial charge on any atom is 0.224 e. The average Bonchev–Trinajstić information content (AvgIpc) is 2.37. The highest BCUT2D eigenvalue weighted by atomic mass is 16.5. The number of carbonyl (C=O) groups is 1. The second kappa shape index (κ2) is 5.99. The monoisotopic (exact) mass is 255 g/mol. The van der Waals surface area contributed by atoms with Crippen LogP contribution in [0, 0.1) is 0 Å². The van der Waals surface area contributed by atoms with E-state index in [1.54, 1.807) is 0 Å². The third-order valence-corrected chi connectivity index (χ3v) is 3.85. The van der Waals surface area contributed by atoms with E-state index in [9.17, 15) is 4.79 Å². The largest absolute Gasteiger partial charge is 0.379 e. The van der Waals surface area contributed by atoms with Gasteiger partial charge >= 0.3 is 0 Å². The van der Waals surface area contributed by atoms with E-state index in [1.165, 1.54) is 0 Å². The molecule has 0 atom stereocenters. The molecule has 5 nitrogen and oxygen atoms in total. The lowest BCUT2D eigenvalue weighted by Crippen LogP contribution is -2.60. The summed E-state index contributed by atoms with van der Waals surface area (Å²) in [6, 6.07) is 0. The summed E-state index contributed by atoms with van der Waals surface area (Å²) in [5.41, 5.74) is -0.0552. The zero-order valence-corrected chi connectivity index (χ0v) is 11.6. The summed E-state index contributed by atoms with van der Waals surface area (Å²) in [5, 5.41) is 3.34. The van der Waals surface area contributed by atoms with Gasteiger partial charge < -0.3 is 15.0 Å². The number of rotatable bonds is 3. The Morgan fingerprint density at radius 1 is 1.28 bits per heavy atom. The molecule has 2 aliphatic rings. The van der Waals surface area contributed by atoms with Crippen LogP contribution in [0.2, 0.25) is 0 Å². The number of nitrogens with one attached hydrogen (secondary N) is 1. The van der Waals surface area contributed by atoms with Gasteiger partial charge in [0.15, 0.2) is 0 Å². The molecule has 0 aromatic carbocycles. The van der Waals surface area contributed by atoms with Crippen LogP contribution in [0.25, 0.3) is 0 Å². The first kappa shape index (κ1) is 13.8. The molecule has 0 bridgehead atoms. The van der Waals surface area contributed by atoms with Crippen LogP contribution < -0.4 is 5.32 Å². The van der Waals surface area contributed by atoms with Crippen molar-refractivity contribution in [2.75, 3.05) is 52.5 Å². The predicted molar refractivity (Wildman–Crippen MR) is 70.5 cm³/mol. The molecule has 0 spiro atoms. The molecule has 1 amide bonds. The van der Waals surface area contributed by atoms with Crippen LogP contribution in [-0.4, -0.2) is 73.7 Å². The summed E-state index contributed by atoms with van der Waals surface area (Å²) in [5.74, 6) is 0.285. The lowest BCUT2D eigenvalue weighted by atomic mass is 9.99. The summed E-state index contributed by atoms with van der Waals surface area (Å²) >= 11 is 0. The van der Waals surface area contributed by atoms with Crippen LogP contribution in [0.15, 0.2) is 0 Å². The van der Waals surface area contributed by atoms with Crippen LogP contribution in [0.4, 0.5) is 0 Å². The van der Waals surface area contributed by atoms with Crippen LogP contribution >= 0.6 is 0 Å². The topological polar surface area (TPSA) is 44.8 Å². The van der Waals surface area contributed by atoms with Gasteiger partial charge in [-0.2, -0.15) is 0 Å². The van der Waals surface area contributed by atoms with Gasteiger partial charge in [0.2, 0.25) is 5.91 Å². The van der Waals surface area contributed by atoms with Gasteiger partial charge in [0.05, 0.1) is 13.2 Å². The average molecular weight is 255 g/mol. The van der Waals surface area contributed by atoms with Gasteiger partial charge in [-0.1, -0.05) is 0 Å². The standard InChI is InChI=1S/C13H25N3O2/c1-13(2)11-14-4-6-16(13)12(17)3-5-15-7-9-18-10-8-15/h14H,3-11H2,1-2H3. The second-order valence-corrected chi connectivity index (χ2v) is 5.74. The first-order valence-electron chi connectivity index (χ1n) is 6.91. The number of carbonyl (C=O) groups excluding carboxylic acids is 1. The zero-order chi connectivity index (χ0) is 13.0. The van der Waals surface area contributed by atoms with Crippen molar-refractivity contribution in [3.8, 4) is 0 Å². The fourth-order valence-corrected chi connectivity index (χ4v) is 2.66. The summed E-state index contributed by atoms with van der Waals surface area (Å²) in [4.78, 5) is 16.6. The molecule has 0 aromatic rings. The first-order valence-corrected chi connectivity index (χ1v) is 6.91. The normalized spacial score (nSPS) is 25.1. The number of piperazine rings is 1. The quantitative estimate of drug-likeness (QED) is 0.766. The molecule has 0 unspecified atom stereocenters. The number of amides is 1. The maximum absolute atomic E-state index is 12.3. The van der Waals surface area contributed by atoms with E-state index in [0.717, 1.165) is 52.5 Å². The van der Waals surface area contributed by atoms with Gasteiger partial charge in [0.25, 0.3) is 0 Å². The van der Waals surface area contributed by atoms with Crippen molar-refractivity contribution >= 4 is 5.91 Å². The summed E-state index contributed by atoms with van der Waals surface area (Å²) in [6.45, 7) is 11.3. The van der Waals surface area contributed by atoms with Crippen molar-refractivity contribution in [1.29, 1.82) is 0 Å². The molecule has 2 fully saturated rings. The van der Waals surface area contributed by atoms with Crippen LogP contribution in [0.5, 0.6) is 0 Å². The van der Waals surface area contributed by atoms with Crippen LogP contribution in [0.1, 0.15) is 20.3 Å². The summed E-state index contributed by atoms with van der Waals surface area (Å²) in [7, 11) is 0. The minimum Gasteiger partial charge on any atom is -0.379 e. The van der Waals surface area contributed by atoms with E-state index in [2.05, 4.69) is 24.1 Å². The Labute approximate surface area is 109 Å². The minimum absolute atomic E-state index is 0.0552. The number of hydrogen-bond donors (Lipinski definition) is 1. The summed E-state index contributed by atoms with van der Waals surface area (Å²) in [6.07, 6.45) is 0.628. The van der Waals surface area contributed by atoms with Crippen molar-refractivity contribution in [3.05, 3.63) is 0 Å². The van der Waals surface area contributed by atoms with E-state index >= 15 is 0 Å². The molecule has 0 aromatic heterocycles. The van der Waals surface area contributed by atoms with Gasteiger partial charge in [-0.15, -0.1) is 0 Å². The molecule has 2 saturated heterocycles. The van der Waals surface area contributed by atoms with Gasteiger partial charge in [-0.05, 0) is 13.8 Å². The van der Waals surface area contributed by atoms with E-state index in [4.69, 9.17) is 4.74 Å². The zero-order valence-electron chi connectivity index (χ0n) is 11.6. The molecular formula is C13H25N3O2. The van der Waals surface area contributed by atoms with Crippen molar-refractivity contribution in [3.63, 3.8) is 0 Å². The lowest BCUT2D eigenvalue weighted by molar-refractivity contribution is -0.138. The molecule has 2 heterocycles. The van der Waals surface area contributed by atoms with Crippen molar-refractivity contribution in [1.82, 2.24) is 15.1 Å². The Bertz CT molecular complexity index is 288. The Morgan fingerprint density at radius 2 is 2.00 bits per heavy atom. The Hall–Kier alpha value is -0.650. The third kappa shape index (κ3) is 3.43. The van der Waals surface area contributed by atoms with Crippen molar-refractivity contribution in [2.45, 2.75) is 25.8 Å². The van der Waals surface area contributed by atoms with Crippen LogP contribution in [0.3, 0.4) is 0 Å². The number of ether oxygens (including phenoxy) is 1. The number of nitrogens with zero attached hydrogens (tertiary/aromatic N) is 2. The minimum atomic E-state index is -0.0552. The molecule has 18 heavy (non-hydrogen) atoms. The summed E-state index contributed by atoms with van der Waals surface area (Å²) < 4.78 is 5.31. The first-order chi connectivity index (χ1) is 8.59. The Kier molecular flexibility index (Phi) is 4.59. The van der Waals surface area contributed by atoms with Gasteiger partial charge in [0.1, 0.15) is 0 Å². The fraction of sp³-hybridized carbons (Fsp3) is 0.923. The maximum atomic E-state index is 12.3. The molecule has 5 heteroatoms. The highest BCUT2D eigenvalue weighted by Gasteiger charge is 2.32. The lowest BCUT2D eigenvalue weighted by Gasteiger charge is -2.43. The SMILES string of the molecule is CC1(C)CNCCN1C(=O)CCN1CCOCC1. The van der Waals surface area contributed by atoms with Crippen molar-refractivity contribution in [2.24, 2.45) is 0 Å². The second-order valence-electron chi connectivity index (χ2n) is 5.74. The molecule has 2 aliphatic heterocycles. The highest BCUT2D eigenvalue weighted by Crippen LogP contribution is 2.17. The molecule has 0 radical (unpaired) electrons. The van der Waals surface area contributed by atoms with Gasteiger partial charge in [-0.3, -0.25) is 9.69 Å². The highest BCUT2D eigenvalue weighted by molar-refractivity contribution is 5.77.